The zero-order chi connectivity index (χ0) is 14.6. The molecule has 0 amide bonds. The number of hydrogen-bond donors (Lipinski definition) is 1. The lowest BCUT2D eigenvalue weighted by Crippen LogP contribution is -2.12. The van der Waals surface area contributed by atoms with Crippen LogP contribution in [0.3, 0.4) is 0 Å². The van der Waals surface area contributed by atoms with Crippen LogP contribution in [0.1, 0.15) is 11.1 Å². The van der Waals surface area contributed by atoms with Crippen molar-refractivity contribution in [1.29, 1.82) is 0 Å². The van der Waals surface area contributed by atoms with E-state index in [9.17, 15) is 8.42 Å². The molecule has 6 heteroatoms. The van der Waals surface area contributed by atoms with E-state index in [0.29, 0.717) is 18.0 Å². The number of hydrogen-bond acceptors (Lipinski definition) is 4. The summed E-state index contributed by atoms with van der Waals surface area (Å²) < 4.78 is 24.3. The summed E-state index contributed by atoms with van der Waals surface area (Å²) in [4.78, 5) is 0.341. The van der Waals surface area contributed by atoms with Crippen LogP contribution in [0, 0.1) is 0 Å². The summed E-state index contributed by atoms with van der Waals surface area (Å²) in [6.07, 6.45) is 6.51. The Hall–Kier alpha value is -1.92. The van der Waals surface area contributed by atoms with E-state index in [1.807, 2.05) is 18.3 Å². The molecule has 1 aromatic carbocycles. The van der Waals surface area contributed by atoms with Gasteiger partial charge >= 0.3 is 0 Å². The van der Waals surface area contributed by atoms with Crippen molar-refractivity contribution in [2.45, 2.75) is 18.0 Å². The number of rotatable bonds is 6. The van der Waals surface area contributed by atoms with E-state index in [2.05, 4.69) is 17.0 Å². The molecule has 1 N–H and O–H groups in total. The molecular weight excluding hydrogens is 274 g/mol. The van der Waals surface area contributed by atoms with E-state index >= 15 is 0 Å². The summed E-state index contributed by atoms with van der Waals surface area (Å²) >= 11 is 0. The highest BCUT2D eigenvalue weighted by molar-refractivity contribution is 7.90. The van der Waals surface area contributed by atoms with Crippen molar-refractivity contribution in [3.05, 3.63) is 54.4 Å². The molecular formula is C14H17N3O2S. The molecule has 2 aromatic rings. The average Bonchev–Trinajstić information content (AvgIpc) is 2.86. The summed E-state index contributed by atoms with van der Waals surface area (Å²) in [6.45, 7) is 5.00. The third kappa shape index (κ3) is 3.79. The maximum absolute atomic E-state index is 11.3. The van der Waals surface area contributed by atoms with Gasteiger partial charge < -0.3 is 5.32 Å². The van der Waals surface area contributed by atoms with Gasteiger partial charge in [-0.1, -0.05) is 18.7 Å². The first-order valence-corrected chi connectivity index (χ1v) is 8.03. The van der Waals surface area contributed by atoms with Crippen LogP contribution in [0.15, 0.2) is 48.1 Å². The maximum atomic E-state index is 11.3. The van der Waals surface area contributed by atoms with Gasteiger partial charge in [-0.3, -0.25) is 0 Å². The van der Waals surface area contributed by atoms with Gasteiger partial charge in [0.05, 0.1) is 11.1 Å². The molecule has 0 bridgehead atoms. The second kappa shape index (κ2) is 6.02. The smallest absolute Gasteiger partial charge is 0.175 e. The van der Waals surface area contributed by atoms with Gasteiger partial charge in [-0.05, 0) is 17.7 Å². The Bertz CT molecular complexity index is 687. The largest absolute Gasteiger partial charge is 0.309 e. The quantitative estimate of drug-likeness (QED) is 0.879. The van der Waals surface area contributed by atoms with Gasteiger partial charge in [0, 0.05) is 37.3 Å². The van der Waals surface area contributed by atoms with E-state index in [4.69, 9.17) is 0 Å². The summed E-state index contributed by atoms with van der Waals surface area (Å²) in [5.41, 5.74) is 2.10. The van der Waals surface area contributed by atoms with Crippen LogP contribution in [0.4, 0.5) is 0 Å². The molecule has 0 saturated heterocycles. The minimum absolute atomic E-state index is 0.341. The highest BCUT2D eigenvalue weighted by Crippen LogP contribution is 2.10. The van der Waals surface area contributed by atoms with E-state index in [1.165, 1.54) is 6.26 Å². The second-order valence-electron chi connectivity index (χ2n) is 4.53. The fraction of sp³-hybridized carbons (Fsp3) is 0.214. The zero-order valence-electron chi connectivity index (χ0n) is 11.3. The zero-order valence-corrected chi connectivity index (χ0v) is 12.1. The first-order valence-electron chi connectivity index (χ1n) is 6.14. The van der Waals surface area contributed by atoms with Crippen molar-refractivity contribution in [2.75, 3.05) is 6.26 Å². The van der Waals surface area contributed by atoms with Crippen LogP contribution in [0.5, 0.6) is 0 Å². The van der Waals surface area contributed by atoms with Crippen LogP contribution in [0.25, 0.3) is 6.20 Å². The van der Waals surface area contributed by atoms with Crippen molar-refractivity contribution in [3.63, 3.8) is 0 Å². The highest BCUT2D eigenvalue weighted by atomic mass is 32.2. The van der Waals surface area contributed by atoms with Crippen molar-refractivity contribution >= 4 is 16.0 Å². The summed E-state index contributed by atoms with van der Waals surface area (Å²) in [7, 11) is -3.12. The molecule has 0 radical (unpaired) electrons. The lowest BCUT2D eigenvalue weighted by atomic mass is 10.2. The first kappa shape index (κ1) is 14.5. The molecule has 0 aliphatic heterocycles. The number of benzene rings is 1. The van der Waals surface area contributed by atoms with Crippen molar-refractivity contribution in [3.8, 4) is 0 Å². The Morgan fingerprint density at radius 1 is 1.25 bits per heavy atom. The molecule has 0 spiro atoms. The van der Waals surface area contributed by atoms with Crippen LogP contribution in [-0.4, -0.2) is 24.5 Å². The van der Waals surface area contributed by atoms with E-state index < -0.39 is 9.84 Å². The molecule has 0 aliphatic carbocycles. The van der Waals surface area contributed by atoms with Crippen molar-refractivity contribution in [2.24, 2.45) is 0 Å². The molecule has 106 valence electrons. The Labute approximate surface area is 118 Å². The SMILES string of the molecule is C=Cn1cc(CNCc2ccc(S(C)(=O)=O)cc2)cn1. The molecule has 2 rings (SSSR count). The van der Waals surface area contributed by atoms with E-state index in [0.717, 1.165) is 11.1 Å². The Kier molecular flexibility index (Phi) is 4.36. The van der Waals surface area contributed by atoms with Gasteiger partial charge in [0.1, 0.15) is 0 Å². The predicted octanol–water partition coefficient (Wildman–Crippen LogP) is 1.68. The average molecular weight is 291 g/mol. The number of sulfone groups is 1. The van der Waals surface area contributed by atoms with Crippen LogP contribution in [-0.2, 0) is 22.9 Å². The van der Waals surface area contributed by atoms with Crippen molar-refractivity contribution in [1.82, 2.24) is 15.1 Å². The van der Waals surface area contributed by atoms with Crippen molar-refractivity contribution < 1.29 is 8.42 Å². The summed E-state index contributed by atoms with van der Waals surface area (Å²) in [5, 5.41) is 7.37. The minimum Gasteiger partial charge on any atom is -0.309 e. The molecule has 1 heterocycles. The molecule has 5 nitrogen and oxygen atoms in total. The first-order chi connectivity index (χ1) is 9.49. The maximum Gasteiger partial charge on any atom is 0.175 e. The second-order valence-corrected chi connectivity index (χ2v) is 6.55. The molecule has 0 fully saturated rings. The standard InChI is InChI=1S/C14H17N3O2S/c1-3-17-11-13(10-16-17)9-15-8-12-4-6-14(7-5-12)20(2,18)19/h3-7,10-11,15H,1,8-9H2,2H3. The summed E-state index contributed by atoms with van der Waals surface area (Å²) in [6, 6.07) is 6.89. The predicted molar refractivity (Wildman–Crippen MR) is 78.7 cm³/mol. The van der Waals surface area contributed by atoms with Gasteiger partial charge in [0.25, 0.3) is 0 Å². The lowest BCUT2D eigenvalue weighted by molar-refractivity contribution is 0.602. The van der Waals surface area contributed by atoms with Gasteiger partial charge in [-0.2, -0.15) is 5.10 Å². The lowest BCUT2D eigenvalue weighted by Gasteiger charge is -2.04. The monoisotopic (exact) mass is 291 g/mol. The fourth-order valence-corrected chi connectivity index (χ4v) is 2.40. The fourth-order valence-electron chi connectivity index (χ4n) is 1.77. The highest BCUT2D eigenvalue weighted by Gasteiger charge is 2.05. The molecule has 0 atom stereocenters. The third-order valence-electron chi connectivity index (χ3n) is 2.85. The molecule has 1 aromatic heterocycles. The molecule has 20 heavy (non-hydrogen) atoms. The summed E-state index contributed by atoms with van der Waals surface area (Å²) in [5.74, 6) is 0. The van der Waals surface area contributed by atoms with E-state index in [1.54, 1.807) is 29.2 Å². The number of aromatic nitrogens is 2. The number of nitrogens with one attached hydrogen (secondary N) is 1. The Balaban J connectivity index is 1.89. The number of nitrogens with zero attached hydrogens (tertiary/aromatic N) is 2. The topological polar surface area (TPSA) is 64.0 Å². The van der Waals surface area contributed by atoms with Gasteiger partial charge in [-0.25, -0.2) is 13.1 Å². The van der Waals surface area contributed by atoms with Gasteiger partial charge in [-0.15, -0.1) is 0 Å². The third-order valence-corrected chi connectivity index (χ3v) is 3.98. The van der Waals surface area contributed by atoms with Crippen LogP contribution >= 0.6 is 0 Å². The van der Waals surface area contributed by atoms with Crippen LogP contribution < -0.4 is 5.32 Å². The normalized spacial score (nSPS) is 11.4. The molecule has 0 saturated carbocycles. The van der Waals surface area contributed by atoms with Gasteiger partial charge in [0.2, 0.25) is 0 Å². The van der Waals surface area contributed by atoms with E-state index in [-0.39, 0.29) is 0 Å². The molecule has 0 aliphatic rings. The Morgan fingerprint density at radius 3 is 2.45 bits per heavy atom. The van der Waals surface area contributed by atoms with Gasteiger partial charge in [0.15, 0.2) is 9.84 Å². The Morgan fingerprint density at radius 2 is 1.90 bits per heavy atom. The van der Waals surface area contributed by atoms with Crippen LogP contribution in [0.2, 0.25) is 0 Å². The molecule has 0 unspecified atom stereocenters. The minimum atomic E-state index is -3.12.